The van der Waals surface area contributed by atoms with Gasteiger partial charge in [-0.25, -0.2) is 0 Å². The van der Waals surface area contributed by atoms with Gasteiger partial charge in [-0.3, -0.25) is 4.79 Å². The molecule has 4 heteroatoms. The number of hydrogen-bond acceptors (Lipinski definition) is 3. The second-order valence-corrected chi connectivity index (χ2v) is 3.70. The maximum Gasteiger partial charge on any atom is 0.220 e. The Kier molecular flexibility index (Phi) is 4.90. The van der Waals surface area contributed by atoms with Crippen LogP contribution in [0.2, 0.25) is 0 Å². The first kappa shape index (κ1) is 11.8. The molecule has 1 amide bonds. The molecule has 1 rings (SSSR count). The van der Waals surface area contributed by atoms with Crippen LogP contribution in [-0.2, 0) is 11.2 Å². The van der Waals surface area contributed by atoms with E-state index in [1.165, 1.54) is 0 Å². The monoisotopic (exact) mass is 210 g/mol. The number of amides is 1. The molecule has 4 nitrogen and oxygen atoms in total. The predicted molar refractivity (Wildman–Crippen MR) is 58.3 cm³/mol. The minimum absolute atomic E-state index is 0.0545. The number of nitrogens with two attached hydrogens (primary N) is 1. The third-order valence-electron chi connectivity index (χ3n) is 2.10. The fourth-order valence-electron chi connectivity index (χ4n) is 1.23. The molecule has 0 saturated heterocycles. The van der Waals surface area contributed by atoms with E-state index in [4.69, 9.17) is 10.2 Å². The quantitative estimate of drug-likeness (QED) is 0.737. The van der Waals surface area contributed by atoms with Crippen molar-refractivity contribution in [2.45, 2.75) is 32.2 Å². The summed E-state index contributed by atoms with van der Waals surface area (Å²) >= 11 is 0. The molecule has 0 spiro atoms. The molecule has 0 aliphatic heterocycles. The van der Waals surface area contributed by atoms with Crippen molar-refractivity contribution in [3.63, 3.8) is 0 Å². The molecule has 15 heavy (non-hydrogen) atoms. The van der Waals surface area contributed by atoms with Gasteiger partial charge in [0.05, 0.1) is 6.26 Å². The van der Waals surface area contributed by atoms with E-state index >= 15 is 0 Å². The third-order valence-corrected chi connectivity index (χ3v) is 2.10. The van der Waals surface area contributed by atoms with Gasteiger partial charge in [-0.1, -0.05) is 0 Å². The summed E-state index contributed by atoms with van der Waals surface area (Å²) < 4.78 is 5.14. The lowest BCUT2D eigenvalue weighted by atomic mass is 10.2. The molecule has 0 aromatic carbocycles. The summed E-state index contributed by atoms with van der Waals surface area (Å²) in [6, 6.07) is 3.82. The molecule has 0 fully saturated rings. The van der Waals surface area contributed by atoms with E-state index < -0.39 is 0 Å². The standard InChI is InChI=1S/C11H18N2O2/c1-9(12)4-5-11(14)13-7-6-10-3-2-8-15-10/h2-3,8-9H,4-7,12H2,1H3,(H,13,14). The van der Waals surface area contributed by atoms with Gasteiger partial charge in [0.2, 0.25) is 5.91 Å². The first-order chi connectivity index (χ1) is 7.18. The van der Waals surface area contributed by atoms with Crippen molar-refractivity contribution < 1.29 is 9.21 Å². The van der Waals surface area contributed by atoms with Gasteiger partial charge in [0, 0.05) is 25.4 Å². The van der Waals surface area contributed by atoms with Gasteiger partial charge in [-0.15, -0.1) is 0 Å². The number of rotatable bonds is 6. The number of carbonyl (C=O) groups excluding carboxylic acids is 1. The van der Waals surface area contributed by atoms with Crippen LogP contribution < -0.4 is 11.1 Å². The molecule has 3 N–H and O–H groups in total. The number of nitrogens with one attached hydrogen (secondary N) is 1. The number of furan rings is 1. The van der Waals surface area contributed by atoms with Gasteiger partial charge < -0.3 is 15.5 Å². The first-order valence-corrected chi connectivity index (χ1v) is 5.23. The van der Waals surface area contributed by atoms with Crippen LogP contribution in [-0.4, -0.2) is 18.5 Å². The maximum atomic E-state index is 11.3. The molecule has 1 unspecified atom stereocenters. The highest BCUT2D eigenvalue weighted by atomic mass is 16.3. The Morgan fingerprint density at radius 2 is 2.47 bits per heavy atom. The zero-order valence-electron chi connectivity index (χ0n) is 9.03. The van der Waals surface area contributed by atoms with Gasteiger partial charge in [0.25, 0.3) is 0 Å². The summed E-state index contributed by atoms with van der Waals surface area (Å²) in [5.41, 5.74) is 5.55. The van der Waals surface area contributed by atoms with Gasteiger partial charge in [-0.2, -0.15) is 0 Å². The minimum Gasteiger partial charge on any atom is -0.469 e. The number of carbonyl (C=O) groups is 1. The molecule has 0 aliphatic rings. The molecule has 0 saturated carbocycles. The topological polar surface area (TPSA) is 68.3 Å². The average Bonchev–Trinajstić information content (AvgIpc) is 2.67. The molecule has 1 aromatic rings. The Balaban J connectivity index is 2.07. The van der Waals surface area contributed by atoms with Crippen molar-refractivity contribution in [2.75, 3.05) is 6.54 Å². The smallest absolute Gasteiger partial charge is 0.220 e. The molecular formula is C11H18N2O2. The lowest BCUT2D eigenvalue weighted by Crippen LogP contribution is -2.27. The summed E-state index contributed by atoms with van der Waals surface area (Å²) in [6.07, 6.45) is 3.59. The van der Waals surface area contributed by atoms with Crippen molar-refractivity contribution >= 4 is 5.91 Å². The highest BCUT2D eigenvalue weighted by molar-refractivity contribution is 5.75. The van der Waals surface area contributed by atoms with Gasteiger partial charge in [0.15, 0.2) is 0 Å². The SMILES string of the molecule is CC(N)CCC(=O)NCCc1ccco1. The predicted octanol–water partition coefficient (Wildman–Crippen LogP) is 1.07. The lowest BCUT2D eigenvalue weighted by molar-refractivity contribution is -0.121. The van der Waals surface area contributed by atoms with Gasteiger partial charge in [-0.05, 0) is 25.5 Å². The number of hydrogen-bond donors (Lipinski definition) is 2. The van der Waals surface area contributed by atoms with E-state index in [1.54, 1.807) is 6.26 Å². The van der Waals surface area contributed by atoms with Crippen LogP contribution >= 0.6 is 0 Å². The van der Waals surface area contributed by atoms with Crippen molar-refractivity contribution in [2.24, 2.45) is 5.73 Å². The van der Waals surface area contributed by atoms with Gasteiger partial charge >= 0.3 is 0 Å². The fraction of sp³-hybridized carbons (Fsp3) is 0.545. The Labute approximate surface area is 89.8 Å². The highest BCUT2D eigenvalue weighted by Gasteiger charge is 2.03. The lowest BCUT2D eigenvalue weighted by Gasteiger charge is -2.05. The summed E-state index contributed by atoms with van der Waals surface area (Å²) in [5, 5.41) is 2.82. The summed E-state index contributed by atoms with van der Waals surface area (Å²) in [6.45, 7) is 2.52. The van der Waals surface area contributed by atoms with Crippen molar-refractivity contribution in [3.8, 4) is 0 Å². The minimum atomic E-state index is 0.0545. The molecule has 84 valence electrons. The second-order valence-electron chi connectivity index (χ2n) is 3.70. The van der Waals surface area contributed by atoms with E-state index in [-0.39, 0.29) is 11.9 Å². The van der Waals surface area contributed by atoms with Crippen LogP contribution in [0.25, 0.3) is 0 Å². The van der Waals surface area contributed by atoms with Gasteiger partial charge in [0.1, 0.15) is 5.76 Å². The Morgan fingerprint density at radius 3 is 3.07 bits per heavy atom. The van der Waals surface area contributed by atoms with Crippen molar-refractivity contribution in [1.29, 1.82) is 0 Å². The maximum absolute atomic E-state index is 11.3. The average molecular weight is 210 g/mol. The largest absolute Gasteiger partial charge is 0.469 e. The Bertz CT molecular complexity index is 281. The zero-order chi connectivity index (χ0) is 11.1. The molecule has 1 aromatic heterocycles. The van der Waals surface area contributed by atoms with Crippen LogP contribution in [0.5, 0.6) is 0 Å². The third kappa shape index (κ3) is 5.22. The van der Waals surface area contributed by atoms with Crippen LogP contribution in [0.3, 0.4) is 0 Å². The molecule has 0 radical (unpaired) electrons. The van der Waals surface area contributed by atoms with Crippen LogP contribution in [0.15, 0.2) is 22.8 Å². The second kappa shape index (κ2) is 6.24. The molecule has 1 heterocycles. The normalized spacial score (nSPS) is 12.4. The molecule has 0 aliphatic carbocycles. The molecule has 1 atom stereocenters. The first-order valence-electron chi connectivity index (χ1n) is 5.23. The van der Waals surface area contributed by atoms with E-state index in [2.05, 4.69) is 5.32 Å². The van der Waals surface area contributed by atoms with Crippen molar-refractivity contribution in [1.82, 2.24) is 5.32 Å². The zero-order valence-corrected chi connectivity index (χ0v) is 9.03. The Morgan fingerprint density at radius 1 is 1.67 bits per heavy atom. The summed E-state index contributed by atoms with van der Waals surface area (Å²) in [7, 11) is 0. The molecule has 0 bridgehead atoms. The highest BCUT2D eigenvalue weighted by Crippen LogP contribution is 1.99. The summed E-state index contributed by atoms with van der Waals surface area (Å²) in [5.74, 6) is 0.946. The van der Waals surface area contributed by atoms with Crippen molar-refractivity contribution in [3.05, 3.63) is 24.2 Å². The Hall–Kier alpha value is -1.29. The van der Waals surface area contributed by atoms with E-state index in [0.29, 0.717) is 13.0 Å². The van der Waals surface area contributed by atoms with Crippen LogP contribution in [0.4, 0.5) is 0 Å². The fourth-order valence-corrected chi connectivity index (χ4v) is 1.23. The van der Waals surface area contributed by atoms with E-state index in [1.807, 2.05) is 19.1 Å². The van der Waals surface area contributed by atoms with E-state index in [9.17, 15) is 4.79 Å². The van der Waals surface area contributed by atoms with E-state index in [0.717, 1.165) is 18.6 Å². The molecular weight excluding hydrogens is 192 g/mol. The van der Waals surface area contributed by atoms with Crippen LogP contribution in [0.1, 0.15) is 25.5 Å². The summed E-state index contributed by atoms with van der Waals surface area (Å²) in [4.78, 5) is 11.3. The van der Waals surface area contributed by atoms with Crippen LogP contribution in [0, 0.1) is 0 Å².